The monoisotopic (exact) mass is 364 g/mol. The highest BCUT2D eigenvalue weighted by Crippen LogP contribution is 2.84. The molecule has 4 heteroatoms. The SMILES string of the molecule is CC(=O)O[C@@H]1CC[C@H]2[C@@H]3C[C@H]4C(F)(F)[C@@]45C=CCC[C@]5(C)[C@H]3CC[C@]12C. The molecular weight excluding hydrogens is 334 g/mol. The summed E-state index contributed by atoms with van der Waals surface area (Å²) in [6, 6.07) is 0. The molecule has 144 valence electrons. The van der Waals surface area contributed by atoms with Crippen molar-refractivity contribution >= 4 is 5.97 Å². The van der Waals surface area contributed by atoms with Crippen molar-refractivity contribution in [1.82, 2.24) is 0 Å². The maximum absolute atomic E-state index is 15.1. The third kappa shape index (κ3) is 1.71. The Labute approximate surface area is 154 Å². The molecule has 1 spiro atoms. The van der Waals surface area contributed by atoms with Crippen LogP contribution >= 0.6 is 0 Å². The van der Waals surface area contributed by atoms with Crippen molar-refractivity contribution in [3.05, 3.63) is 12.2 Å². The minimum atomic E-state index is -2.54. The topological polar surface area (TPSA) is 26.3 Å². The molecule has 8 atom stereocenters. The van der Waals surface area contributed by atoms with Gasteiger partial charge in [0.05, 0.1) is 5.41 Å². The summed E-state index contributed by atoms with van der Waals surface area (Å²) in [7, 11) is 0. The van der Waals surface area contributed by atoms with Crippen molar-refractivity contribution in [3.63, 3.8) is 0 Å². The Balaban J connectivity index is 1.52. The van der Waals surface area contributed by atoms with Gasteiger partial charge in [-0.1, -0.05) is 26.0 Å². The van der Waals surface area contributed by atoms with E-state index in [9.17, 15) is 4.79 Å². The highest BCUT2D eigenvalue weighted by Gasteiger charge is 2.88. The summed E-state index contributed by atoms with van der Waals surface area (Å²) in [6.45, 7) is 5.91. The van der Waals surface area contributed by atoms with Gasteiger partial charge in [0.2, 0.25) is 0 Å². The van der Waals surface area contributed by atoms with E-state index < -0.39 is 17.3 Å². The van der Waals surface area contributed by atoms with E-state index in [0.29, 0.717) is 24.2 Å². The molecule has 5 aliphatic rings. The van der Waals surface area contributed by atoms with Crippen LogP contribution in [0.5, 0.6) is 0 Å². The smallest absolute Gasteiger partial charge is 0.302 e. The lowest BCUT2D eigenvalue weighted by Gasteiger charge is -2.58. The zero-order valence-electron chi connectivity index (χ0n) is 16.1. The Morgan fingerprint density at radius 3 is 2.62 bits per heavy atom. The molecule has 5 aliphatic carbocycles. The van der Waals surface area contributed by atoms with Gasteiger partial charge < -0.3 is 4.74 Å². The number of esters is 1. The minimum Gasteiger partial charge on any atom is -0.462 e. The van der Waals surface area contributed by atoms with E-state index in [1.54, 1.807) is 0 Å². The first-order valence-corrected chi connectivity index (χ1v) is 10.4. The number of carbonyl (C=O) groups excluding carboxylic acids is 1. The van der Waals surface area contributed by atoms with Gasteiger partial charge in [-0.05, 0) is 68.1 Å². The molecule has 0 radical (unpaired) electrons. The molecule has 0 saturated heterocycles. The van der Waals surface area contributed by atoms with Gasteiger partial charge in [-0.25, -0.2) is 8.78 Å². The lowest BCUT2D eigenvalue weighted by Crippen LogP contribution is -2.54. The van der Waals surface area contributed by atoms with Crippen LogP contribution in [0.1, 0.15) is 65.7 Å². The Hall–Kier alpha value is -0.930. The average molecular weight is 364 g/mol. The molecule has 2 nitrogen and oxygen atoms in total. The Morgan fingerprint density at radius 1 is 1.12 bits per heavy atom. The van der Waals surface area contributed by atoms with Crippen molar-refractivity contribution in [2.45, 2.75) is 77.7 Å². The second-order valence-corrected chi connectivity index (χ2v) is 10.2. The summed E-state index contributed by atoms with van der Waals surface area (Å²) in [5.41, 5.74) is -1.18. The van der Waals surface area contributed by atoms with Crippen LogP contribution < -0.4 is 0 Å². The molecule has 0 aromatic carbocycles. The third-order valence-electron chi connectivity index (χ3n) is 9.60. The first-order valence-electron chi connectivity index (χ1n) is 10.4. The summed E-state index contributed by atoms with van der Waals surface area (Å²) in [6.07, 6.45) is 10.3. The van der Waals surface area contributed by atoms with Crippen molar-refractivity contribution in [2.75, 3.05) is 0 Å². The molecule has 0 bridgehead atoms. The number of allylic oxidation sites excluding steroid dienone is 2. The average Bonchev–Trinajstić information content (AvgIpc) is 2.86. The van der Waals surface area contributed by atoms with Gasteiger partial charge in [-0.2, -0.15) is 0 Å². The van der Waals surface area contributed by atoms with Gasteiger partial charge >= 0.3 is 5.97 Å². The molecule has 5 rings (SSSR count). The number of fused-ring (bicyclic) bond motifs is 4. The third-order valence-corrected chi connectivity index (χ3v) is 9.60. The number of alkyl halides is 2. The van der Waals surface area contributed by atoms with Crippen molar-refractivity contribution in [3.8, 4) is 0 Å². The zero-order valence-corrected chi connectivity index (χ0v) is 16.1. The number of halogens is 2. The van der Waals surface area contributed by atoms with Crippen LogP contribution in [0.2, 0.25) is 0 Å². The van der Waals surface area contributed by atoms with Gasteiger partial charge in [0.1, 0.15) is 6.10 Å². The summed E-state index contributed by atoms with van der Waals surface area (Å²) < 4.78 is 35.8. The van der Waals surface area contributed by atoms with Crippen LogP contribution in [0.4, 0.5) is 8.78 Å². The molecule has 4 fully saturated rings. The summed E-state index contributed by atoms with van der Waals surface area (Å²) in [4.78, 5) is 11.6. The van der Waals surface area contributed by atoms with Gasteiger partial charge in [-0.3, -0.25) is 4.79 Å². The second-order valence-electron chi connectivity index (χ2n) is 10.2. The molecule has 0 unspecified atom stereocenters. The highest BCUT2D eigenvalue weighted by atomic mass is 19.3. The molecule has 26 heavy (non-hydrogen) atoms. The Bertz CT molecular complexity index is 688. The van der Waals surface area contributed by atoms with Crippen LogP contribution in [0.15, 0.2) is 12.2 Å². The van der Waals surface area contributed by atoms with Crippen molar-refractivity contribution < 1.29 is 18.3 Å². The lowest BCUT2D eigenvalue weighted by molar-refractivity contribution is -0.160. The van der Waals surface area contributed by atoms with E-state index in [2.05, 4.69) is 13.8 Å². The fourth-order valence-electron chi connectivity index (χ4n) is 8.40. The summed E-state index contributed by atoms with van der Waals surface area (Å²) >= 11 is 0. The fourth-order valence-corrected chi connectivity index (χ4v) is 8.40. The lowest BCUT2D eigenvalue weighted by atomic mass is 9.45. The first-order chi connectivity index (χ1) is 12.2. The van der Waals surface area contributed by atoms with E-state index in [1.807, 2.05) is 12.2 Å². The maximum Gasteiger partial charge on any atom is 0.302 e. The van der Waals surface area contributed by atoms with Crippen LogP contribution in [-0.2, 0) is 9.53 Å². The van der Waals surface area contributed by atoms with Crippen LogP contribution in [0, 0.1) is 39.9 Å². The normalized spacial score (nSPS) is 56.0. The summed E-state index contributed by atoms with van der Waals surface area (Å²) in [5.74, 6) is -2.07. The highest BCUT2D eigenvalue weighted by molar-refractivity contribution is 5.66. The largest absolute Gasteiger partial charge is 0.462 e. The molecule has 0 N–H and O–H groups in total. The number of hydrogen-bond acceptors (Lipinski definition) is 2. The number of hydrogen-bond donors (Lipinski definition) is 0. The molecule has 0 aromatic heterocycles. The maximum atomic E-state index is 15.1. The van der Waals surface area contributed by atoms with Crippen LogP contribution in [-0.4, -0.2) is 18.0 Å². The predicted octanol–water partition coefficient (Wildman–Crippen LogP) is 5.37. The van der Waals surface area contributed by atoms with Gasteiger partial charge in [0, 0.05) is 18.3 Å². The molecule has 0 aliphatic heterocycles. The molecule has 0 amide bonds. The fraction of sp³-hybridized carbons (Fsp3) is 0.864. The van der Waals surface area contributed by atoms with E-state index in [1.165, 1.54) is 6.92 Å². The quantitative estimate of drug-likeness (QED) is 0.462. The zero-order chi connectivity index (χ0) is 18.5. The van der Waals surface area contributed by atoms with Crippen LogP contribution in [0.3, 0.4) is 0 Å². The van der Waals surface area contributed by atoms with Crippen LogP contribution in [0.25, 0.3) is 0 Å². The van der Waals surface area contributed by atoms with Gasteiger partial charge in [0.25, 0.3) is 5.92 Å². The van der Waals surface area contributed by atoms with E-state index >= 15 is 8.78 Å². The van der Waals surface area contributed by atoms with Gasteiger partial charge in [0.15, 0.2) is 0 Å². The minimum absolute atomic E-state index is 0.0299. The van der Waals surface area contributed by atoms with Crippen molar-refractivity contribution in [1.29, 1.82) is 0 Å². The van der Waals surface area contributed by atoms with E-state index in [-0.39, 0.29) is 22.9 Å². The molecular formula is C22H30F2O2. The number of ether oxygens (including phenoxy) is 1. The van der Waals surface area contributed by atoms with E-state index in [0.717, 1.165) is 38.5 Å². The first kappa shape index (κ1) is 17.2. The Morgan fingerprint density at radius 2 is 1.88 bits per heavy atom. The standard InChI is InChI=1S/C22H30F2O2/c1-13(25)26-18-7-6-15-14-12-17-21(22(17,23)24)10-5-4-9-20(21,3)16(14)8-11-19(15,18)2/h5,10,14-18H,4,6-9,11-12H2,1-3H3/t14-,15-,16-,17+,18+,19-,20+,21-/m0/s1. The number of carbonyl (C=O) groups is 1. The Kier molecular flexibility index (Phi) is 3.25. The second kappa shape index (κ2) is 4.91. The predicted molar refractivity (Wildman–Crippen MR) is 94.6 cm³/mol. The molecule has 0 aromatic rings. The molecule has 4 saturated carbocycles. The van der Waals surface area contributed by atoms with Gasteiger partial charge in [-0.15, -0.1) is 0 Å². The van der Waals surface area contributed by atoms with E-state index in [4.69, 9.17) is 4.74 Å². The summed E-state index contributed by atoms with van der Waals surface area (Å²) in [5, 5.41) is 0. The van der Waals surface area contributed by atoms with Crippen molar-refractivity contribution in [2.24, 2.45) is 39.9 Å². The number of rotatable bonds is 1. The molecule has 0 heterocycles.